The van der Waals surface area contributed by atoms with Crippen LogP contribution in [-0.2, 0) is 16.6 Å². The fourth-order valence-electron chi connectivity index (χ4n) is 3.00. The molecule has 0 aliphatic carbocycles. The first-order valence-corrected chi connectivity index (χ1v) is 13.6. The summed E-state index contributed by atoms with van der Waals surface area (Å²) in [5.41, 5.74) is 0.298. The molecule has 0 aliphatic heterocycles. The first-order chi connectivity index (χ1) is 15.1. The fraction of sp³-hybridized carbons (Fsp3) is 0.522. The van der Waals surface area contributed by atoms with E-state index in [9.17, 15) is 13.2 Å². The molecule has 2 rings (SSSR count). The minimum atomic E-state index is -3.60. The number of hydrogen-bond donors (Lipinski definition) is 3. The molecule has 0 unspecified atom stereocenters. The zero-order chi connectivity index (χ0) is 23.6. The molecule has 178 valence electrons. The first kappa shape index (κ1) is 26.8. The van der Waals surface area contributed by atoms with Gasteiger partial charge in [0.05, 0.1) is 6.54 Å². The summed E-state index contributed by atoms with van der Waals surface area (Å²) in [7, 11) is -3.60. The lowest BCUT2D eigenvalue weighted by Crippen LogP contribution is -2.40. The predicted molar refractivity (Wildman–Crippen MR) is 133 cm³/mol. The van der Waals surface area contributed by atoms with Crippen LogP contribution in [0.25, 0.3) is 0 Å². The Bertz CT molecular complexity index is 957. The summed E-state index contributed by atoms with van der Waals surface area (Å²) in [6, 6.07) is 9.91. The highest BCUT2D eigenvalue weighted by atomic mass is 35.5. The van der Waals surface area contributed by atoms with Crippen molar-refractivity contribution in [3.05, 3.63) is 51.9 Å². The van der Waals surface area contributed by atoms with E-state index in [4.69, 9.17) is 11.6 Å². The van der Waals surface area contributed by atoms with E-state index in [1.807, 2.05) is 13.8 Å². The number of carbonyl (C=O) groups excluding carboxylic acids is 1. The molecule has 1 aromatic heterocycles. The third-order valence-electron chi connectivity index (χ3n) is 4.98. The Balaban J connectivity index is 1.81. The van der Waals surface area contributed by atoms with Crippen LogP contribution in [0.15, 0.2) is 40.6 Å². The van der Waals surface area contributed by atoms with E-state index in [0.29, 0.717) is 17.1 Å². The number of carbonyl (C=O) groups is 1. The summed E-state index contributed by atoms with van der Waals surface area (Å²) in [5.74, 6) is -0.235. The van der Waals surface area contributed by atoms with Crippen molar-refractivity contribution >= 4 is 38.9 Å². The van der Waals surface area contributed by atoms with Crippen molar-refractivity contribution in [1.82, 2.24) is 15.4 Å². The van der Waals surface area contributed by atoms with Crippen LogP contribution in [0.5, 0.6) is 0 Å². The molecule has 2 aromatic rings. The molecule has 1 heterocycles. The second-order valence-corrected chi connectivity index (χ2v) is 12.2. The van der Waals surface area contributed by atoms with Crippen molar-refractivity contribution < 1.29 is 13.2 Å². The van der Waals surface area contributed by atoms with Crippen LogP contribution in [0.4, 0.5) is 0 Å². The van der Waals surface area contributed by atoms with Crippen molar-refractivity contribution in [2.24, 2.45) is 5.41 Å². The molecule has 0 saturated heterocycles. The zero-order valence-corrected chi connectivity index (χ0v) is 21.4. The van der Waals surface area contributed by atoms with Crippen molar-refractivity contribution in [3.8, 4) is 0 Å². The van der Waals surface area contributed by atoms with E-state index in [2.05, 4.69) is 22.3 Å². The van der Waals surface area contributed by atoms with Gasteiger partial charge in [-0.3, -0.25) is 4.79 Å². The Morgan fingerprint density at radius 3 is 2.44 bits per heavy atom. The van der Waals surface area contributed by atoms with E-state index in [0.717, 1.165) is 35.7 Å². The number of benzene rings is 1. The highest BCUT2D eigenvalue weighted by Gasteiger charge is 2.23. The van der Waals surface area contributed by atoms with Gasteiger partial charge in [0.1, 0.15) is 4.21 Å². The number of halogens is 1. The minimum Gasteiger partial charge on any atom is -0.347 e. The molecular formula is C23H34ClN3O3S2. The van der Waals surface area contributed by atoms with Gasteiger partial charge in [0.15, 0.2) is 0 Å². The Kier molecular flexibility index (Phi) is 10.6. The number of nitrogens with one attached hydrogen (secondary N) is 3. The van der Waals surface area contributed by atoms with Crippen LogP contribution in [0.2, 0.25) is 5.02 Å². The predicted octanol–water partition coefficient (Wildman–Crippen LogP) is 4.81. The monoisotopic (exact) mass is 499 g/mol. The number of hydrogen-bond acceptors (Lipinski definition) is 5. The number of rotatable bonds is 14. The molecular weight excluding hydrogens is 466 g/mol. The summed E-state index contributed by atoms with van der Waals surface area (Å²) >= 11 is 7.00. The Morgan fingerprint density at radius 2 is 1.75 bits per heavy atom. The van der Waals surface area contributed by atoms with Gasteiger partial charge in [-0.2, -0.15) is 0 Å². The van der Waals surface area contributed by atoms with Crippen molar-refractivity contribution in [2.45, 2.75) is 57.2 Å². The lowest BCUT2D eigenvalue weighted by molar-refractivity contribution is 0.0951. The van der Waals surface area contributed by atoms with Gasteiger partial charge < -0.3 is 10.6 Å². The molecule has 0 aliphatic rings. The molecule has 32 heavy (non-hydrogen) atoms. The maximum atomic E-state index is 12.7. The van der Waals surface area contributed by atoms with Crippen molar-refractivity contribution in [2.75, 3.05) is 19.6 Å². The highest BCUT2D eigenvalue weighted by molar-refractivity contribution is 7.91. The molecule has 1 aromatic carbocycles. The number of sulfonamides is 1. The van der Waals surface area contributed by atoms with Gasteiger partial charge >= 0.3 is 0 Å². The highest BCUT2D eigenvalue weighted by Crippen LogP contribution is 2.23. The van der Waals surface area contributed by atoms with Crippen LogP contribution in [0, 0.1) is 5.41 Å². The second kappa shape index (κ2) is 12.7. The number of thiophene rings is 1. The Labute approximate surface area is 201 Å². The normalized spacial score (nSPS) is 12.1. The lowest BCUT2D eigenvalue weighted by atomic mass is 9.94. The van der Waals surface area contributed by atoms with Gasteiger partial charge in [0, 0.05) is 28.6 Å². The van der Waals surface area contributed by atoms with Crippen LogP contribution in [-0.4, -0.2) is 34.0 Å². The Hall–Kier alpha value is -1.45. The molecule has 0 atom stereocenters. The zero-order valence-electron chi connectivity index (χ0n) is 19.0. The number of unbranched alkanes of at least 4 members (excludes halogenated alkanes) is 3. The molecule has 9 heteroatoms. The van der Waals surface area contributed by atoms with Crippen LogP contribution >= 0.6 is 22.9 Å². The summed E-state index contributed by atoms with van der Waals surface area (Å²) in [5, 5.41) is 6.79. The molecule has 3 N–H and O–H groups in total. The van der Waals surface area contributed by atoms with Gasteiger partial charge in [-0.05, 0) is 54.8 Å². The molecule has 0 saturated carbocycles. The smallest absolute Gasteiger partial charge is 0.251 e. The lowest BCUT2D eigenvalue weighted by Gasteiger charge is -2.25. The Morgan fingerprint density at radius 1 is 1.03 bits per heavy atom. The second-order valence-electron chi connectivity index (χ2n) is 8.64. The van der Waals surface area contributed by atoms with Gasteiger partial charge in [-0.15, -0.1) is 11.3 Å². The van der Waals surface area contributed by atoms with E-state index < -0.39 is 10.0 Å². The van der Waals surface area contributed by atoms with Crippen LogP contribution < -0.4 is 15.4 Å². The average Bonchev–Trinajstić information content (AvgIpc) is 3.24. The summed E-state index contributed by atoms with van der Waals surface area (Å²) in [4.78, 5) is 13.0. The van der Waals surface area contributed by atoms with Crippen LogP contribution in [0.1, 0.15) is 61.7 Å². The minimum absolute atomic E-state index is 0.204. The molecule has 1 amide bonds. The maximum Gasteiger partial charge on any atom is 0.251 e. The number of amides is 1. The van der Waals surface area contributed by atoms with Crippen LogP contribution in [0.3, 0.4) is 0 Å². The topological polar surface area (TPSA) is 87.3 Å². The molecule has 0 spiro atoms. The third kappa shape index (κ3) is 9.19. The summed E-state index contributed by atoms with van der Waals surface area (Å²) < 4.78 is 28.4. The summed E-state index contributed by atoms with van der Waals surface area (Å²) in [6.45, 7) is 8.57. The fourth-order valence-corrected chi connectivity index (χ4v) is 5.70. The average molecular weight is 500 g/mol. The maximum absolute atomic E-state index is 12.7. The third-order valence-corrected chi connectivity index (χ3v) is 8.21. The van der Waals surface area contributed by atoms with Gasteiger partial charge in [0.2, 0.25) is 10.0 Å². The SMILES string of the molecule is CCCCCCNCC(C)(C)CNS(=O)(=O)c1ccc(CNC(=O)c2ccc(Cl)cc2)s1. The first-order valence-electron chi connectivity index (χ1n) is 11.0. The van der Waals surface area contributed by atoms with Crippen molar-refractivity contribution in [3.63, 3.8) is 0 Å². The van der Waals surface area contributed by atoms with E-state index in [1.54, 1.807) is 36.4 Å². The quantitative estimate of drug-likeness (QED) is 0.325. The molecule has 0 bridgehead atoms. The molecule has 0 fully saturated rings. The standard InChI is InChI=1S/C23H34ClN3O3S2/c1-4-5-6-7-14-25-16-23(2,3)17-27-32(29,30)21-13-12-20(31-21)15-26-22(28)18-8-10-19(24)11-9-18/h8-13,25,27H,4-7,14-17H2,1-3H3,(H,26,28). The van der Waals surface area contributed by atoms with E-state index >= 15 is 0 Å². The van der Waals surface area contributed by atoms with Crippen molar-refractivity contribution in [1.29, 1.82) is 0 Å². The van der Waals surface area contributed by atoms with Gasteiger partial charge in [-0.1, -0.05) is 51.6 Å². The molecule has 6 nitrogen and oxygen atoms in total. The van der Waals surface area contributed by atoms with Gasteiger partial charge in [0.25, 0.3) is 5.91 Å². The van der Waals surface area contributed by atoms with Gasteiger partial charge in [-0.25, -0.2) is 13.1 Å². The molecule has 0 radical (unpaired) electrons. The van der Waals surface area contributed by atoms with E-state index in [-0.39, 0.29) is 22.1 Å². The summed E-state index contributed by atoms with van der Waals surface area (Å²) in [6.07, 6.45) is 4.82. The largest absolute Gasteiger partial charge is 0.347 e. The van der Waals surface area contributed by atoms with E-state index in [1.165, 1.54) is 19.3 Å².